The molecule has 0 aliphatic rings. The molecular weight excluding hydrogens is 582 g/mol. The molecule has 7 heteroatoms. The Morgan fingerprint density at radius 1 is 0.739 bits per heavy atom. The van der Waals surface area contributed by atoms with Gasteiger partial charge in [-0.2, -0.15) is 0 Å². The Hall–Kier alpha value is -4.72. The average molecular weight is 625 g/mol. The van der Waals surface area contributed by atoms with E-state index in [1.165, 1.54) is 11.1 Å². The first kappa shape index (κ1) is 34.2. The third kappa shape index (κ3) is 10.2. The van der Waals surface area contributed by atoms with E-state index < -0.39 is 12.8 Å². The van der Waals surface area contributed by atoms with E-state index in [1.54, 1.807) is 12.1 Å². The molecule has 2 N–H and O–H groups in total. The molecule has 0 bridgehead atoms. The number of hydrogen-bond donors (Lipinski definition) is 2. The number of nitrogens with one attached hydrogen (secondary N) is 1. The minimum atomic E-state index is -0.775. The average Bonchev–Trinajstić information content (AvgIpc) is 3.08. The van der Waals surface area contributed by atoms with Gasteiger partial charge in [0.15, 0.2) is 0 Å². The molecular formula is C39H42F2N2O3. The Kier molecular flexibility index (Phi) is 13.1. The zero-order chi connectivity index (χ0) is 31.3. The van der Waals surface area contributed by atoms with Crippen molar-refractivity contribution in [2.24, 2.45) is 0 Å². The second-order valence-electron chi connectivity index (χ2n) is 11.0. The molecule has 0 aliphatic heterocycles. The molecule has 0 amide bonds. The molecule has 0 aromatic heterocycles. The van der Waals surface area contributed by atoms with Gasteiger partial charge < -0.3 is 19.9 Å². The van der Waals surface area contributed by atoms with E-state index in [-0.39, 0.29) is 4.70 Å². The van der Waals surface area contributed by atoms with E-state index in [4.69, 9.17) is 9.47 Å². The molecule has 5 rings (SSSR count). The van der Waals surface area contributed by atoms with Crippen molar-refractivity contribution in [3.63, 3.8) is 0 Å². The predicted octanol–water partition coefficient (Wildman–Crippen LogP) is 8.81. The molecule has 0 radical (unpaired) electrons. The molecule has 240 valence electrons. The van der Waals surface area contributed by atoms with Gasteiger partial charge in [-0.3, -0.25) is 9.60 Å². The maximum Gasteiger partial charge on any atom is 0.125 e. The highest BCUT2D eigenvalue weighted by atomic mass is 19.1. The first-order valence-corrected chi connectivity index (χ1v) is 15.5. The number of anilines is 2. The van der Waals surface area contributed by atoms with E-state index in [2.05, 4.69) is 46.6 Å². The number of aliphatic hydroxyl groups is 1. The monoisotopic (exact) mass is 624 g/mol. The van der Waals surface area contributed by atoms with Crippen LogP contribution in [0.1, 0.15) is 40.8 Å². The summed E-state index contributed by atoms with van der Waals surface area (Å²) in [4.78, 5) is 2.25. The van der Waals surface area contributed by atoms with Crippen molar-refractivity contribution in [2.75, 3.05) is 25.0 Å². The van der Waals surface area contributed by atoms with Gasteiger partial charge in [0.2, 0.25) is 0 Å². The van der Waals surface area contributed by atoms with Gasteiger partial charge in [-0.15, -0.1) is 0 Å². The van der Waals surface area contributed by atoms with E-state index in [1.807, 2.05) is 85.8 Å². The van der Waals surface area contributed by atoms with Gasteiger partial charge in [-0.1, -0.05) is 78.9 Å². The van der Waals surface area contributed by atoms with Crippen LogP contribution in [-0.2, 0) is 26.2 Å². The lowest BCUT2D eigenvalue weighted by molar-refractivity contribution is 0.109. The molecule has 0 saturated carbocycles. The van der Waals surface area contributed by atoms with Gasteiger partial charge in [-0.05, 0) is 84.1 Å². The molecule has 46 heavy (non-hydrogen) atoms. The number of rotatable bonds is 16. The predicted molar refractivity (Wildman–Crippen MR) is 182 cm³/mol. The van der Waals surface area contributed by atoms with Crippen LogP contribution in [0.25, 0.3) is 0 Å². The summed E-state index contributed by atoms with van der Waals surface area (Å²) >= 11 is 0. The fourth-order valence-electron chi connectivity index (χ4n) is 5.22. The Morgan fingerprint density at radius 3 is 2.00 bits per heavy atom. The van der Waals surface area contributed by atoms with Crippen molar-refractivity contribution in [2.45, 2.75) is 39.3 Å². The highest BCUT2D eigenvalue weighted by Crippen LogP contribution is 2.27. The summed E-state index contributed by atoms with van der Waals surface area (Å²) in [6.45, 7) is 4.19. The normalized spacial score (nSPS) is 11.5. The fourth-order valence-corrected chi connectivity index (χ4v) is 5.22. The number of nitrogens with zero attached hydrogens (tertiary/aromatic N) is 1. The molecule has 0 unspecified atom stereocenters. The van der Waals surface area contributed by atoms with Crippen molar-refractivity contribution < 1.29 is 23.7 Å². The summed E-state index contributed by atoms with van der Waals surface area (Å²) in [6.07, 6.45) is 0.0492. The molecule has 0 spiro atoms. The summed E-state index contributed by atoms with van der Waals surface area (Å²) in [5, 5.41) is 14.7. The Labute approximate surface area is 270 Å². The van der Waals surface area contributed by atoms with Crippen molar-refractivity contribution in [1.82, 2.24) is 4.90 Å². The van der Waals surface area contributed by atoms with Crippen LogP contribution < -0.4 is 14.8 Å². The van der Waals surface area contributed by atoms with Crippen LogP contribution in [0, 0.1) is 0 Å². The second kappa shape index (κ2) is 17.7. The van der Waals surface area contributed by atoms with Crippen LogP contribution >= 0.6 is 0 Å². The van der Waals surface area contributed by atoms with E-state index in [0.29, 0.717) is 43.2 Å². The lowest BCUT2D eigenvalue weighted by Gasteiger charge is -2.26. The number of halogens is 2. The van der Waals surface area contributed by atoms with Crippen molar-refractivity contribution in [1.29, 1.82) is 0 Å². The summed E-state index contributed by atoms with van der Waals surface area (Å²) in [5.74, 6) is 1.36. The highest BCUT2D eigenvalue weighted by molar-refractivity contribution is 5.60. The Morgan fingerprint density at radius 2 is 1.37 bits per heavy atom. The van der Waals surface area contributed by atoms with Gasteiger partial charge in [0.05, 0.1) is 12.7 Å². The molecule has 5 aromatic carbocycles. The van der Waals surface area contributed by atoms with Crippen molar-refractivity contribution in [3.8, 4) is 11.5 Å². The van der Waals surface area contributed by atoms with E-state index >= 15 is 0 Å². The largest absolute Gasteiger partial charge is 0.494 e. The topological polar surface area (TPSA) is 54.0 Å². The van der Waals surface area contributed by atoms with Crippen molar-refractivity contribution >= 4 is 11.4 Å². The number of hydrogen-bond acceptors (Lipinski definition) is 5. The number of ether oxygens (including phenoxy) is 2. The molecule has 0 fully saturated rings. The first-order valence-electron chi connectivity index (χ1n) is 15.5. The fraction of sp³-hybridized carbons (Fsp3) is 0.231. The van der Waals surface area contributed by atoms with Gasteiger partial charge in [-0.25, -0.2) is 4.39 Å². The zero-order valence-electron chi connectivity index (χ0n) is 26.1. The minimum Gasteiger partial charge on any atom is -0.494 e. The van der Waals surface area contributed by atoms with Gasteiger partial charge >= 0.3 is 0 Å². The summed E-state index contributed by atoms with van der Waals surface area (Å²) in [5.41, 5.74) is 6.53. The number of benzene rings is 5. The van der Waals surface area contributed by atoms with Crippen LogP contribution in [0.15, 0.2) is 127 Å². The molecule has 5 aromatic rings. The summed E-state index contributed by atoms with van der Waals surface area (Å²) < 4.78 is 25.5. The molecule has 1 atom stereocenters. The Balaban J connectivity index is 0.00000480. The van der Waals surface area contributed by atoms with E-state index in [0.717, 1.165) is 35.7 Å². The second-order valence-corrected chi connectivity index (χ2v) is 11.0. The zero-order valence-corrected chi connectivity index (χ0v) is 26.1. The highest BCUT2D eigenvalue weighted by Gasteiger charge is 2.17. The third-order valence-electron chi connectivity index (χ3n) is 7.66. The number of aliphatic hydroxyl groups excluding tert-OH is 1. The van der Waals surface area contributed by atoms with Crippen LogP contribution in [0.4, 0.5) is 20.5 Å². The molecule has 0 aliphatic carbocycles. The minimum absolute atomic E-state index is 0. The molecule has 5 nitrogen and oxygen atoms in total. The van der Waals surface area contributed by atoms with Gasteiger partial charge in [0, 0.05) is 36.6 Å². The molecule has 0 heterocycles. The smallest absolute Gasteiger partial charge is 0.125 e. The lowest BCUT2D eigenvalue weighted by Crippen LogP contribution is -2.30. The third-order valence-corrected chi connectivity index (χ3v) is 7.66. The van der Waals surface area contributed by atoms with Crippen molar-refractivity contribution in [3.05, 3.63) is 155 Å². The molecule has 0 saturated heterocycles. The number of alkyl halides is 1. The van der Waals surface area contributed by atoms with Crippen LogP contribution in [0.2, 0.25) is 0 Å². The Bertz CT molecular complexity index is 1580. The quantitative estimate of drug-likeness (QED) is 0.115. The summed E-state index contributed by atoms with van der Waals surface area (Å²) in [7, 11) is 0. The van der Waals surface area contributed by atoms with E-state index in [9.17, 15) is 9.50 Å². The standard InChI is InChI=1S/C39H41FN2O3.FH/c1-2-44-37-20-18-36(19-21-37)41-35-16-13-30(14-17-35)23-24-42(27-31-9-5-3-6-10-31)28-38(43)33-15-22-39(34(25-33)26-40)45-29-32-11-7-4-8-12-32;/h3-22,25,38,41,43H,2,23-24,26-29H2,1H3;1H/t38-;/m0./s1. The van der Waals surface area contributed by atoms with Gasteiger partial charge in [0.1, 0.15) is 24.8 Å². The van der Waals surface area contributed by atoms with Crippen LogP contribution in [0.5, 0.6) is 11.5 Å². The first-order chi connectivity index (χ1) is 22.1. The lowest BCUT2D eigenvalue weighted by atomic mass is 10.0. The maximum atomic E-state index is 14.0. The van der Waals surface area contributed by atoms with Crippen LogP contribution in [-0.4, -0.2) is 29.7 Å². The summed E-state index contributed by atoms with van der Waals surface area (Å²) in [6, 6.07) is 41.8. The van der Waals surface area contributed by atoms with Crippen LogP contribution in [0.3, 0.4) is 0 Å². The SMILES string of the molecule is CCOc1ccc(Nc2ccc(CCN(Cc3ccccc3)C[C@H](O)c3ccc(OCc4ccccc4)c(CF)c3)cc2)cc1.F. The maximum absolute atomic E-state index is 14.0. The van der Waals surface area contributed by atoms with Gasteiger partial charge in [0.25, 0.3) is 0 Å².